The van der Waals surface area contributed by atoms with E-state index in [9.17, 15) is 4.39 Å². The van der Waals surface area contributed by atoms with Crippen LogP contribution in [0.3, 0.4) is 0 Å². The number of pyridine rings is 1. The Kier molecular flexibility index (Phi) is 9.64. The molecule has 0 bridgehead atoms. The van der Waals surface area contributed by atoms with Crippen LogP contribution in [0, 0.1) is 24.9 Å². The van der Waals surface area contributed by atoms with Gasteiger partial charge < -0.3 is 9.30 Å². The second kappa shape index (κ2) is 13.9. The zero-order valence-corrected chi connectivity index (χ0v) is 29.4. The molecule has 0 aliphatic rings. The van der Waals surface area contributed by atoms with Crippen molar-refractivity contribution in [3.05, 3.63) is 131 Å². The number of rotatable bonds is 9. The number of fused-ring (bicyclic) bond motifs is 3. The van der Waals surface area contributed by atoms with Gasteiger partial charge in [-0.3, -0.25) is 4.68 Å². The van der Waals surface area contributed by atoms with E-state index in [1.165, 1.54) is 46.3 Å². The summed E-state index contributed by atoms with van der Waals surface area (Å²) >= 11 is 0. The Bertz CT molecular complexity index is 2250. The third-order valence-electron chi connectivity index (χ3n) is 8.89. The molecule has 7 rings (SSSR count). The Morgan fingerprint density at radius 1 is 0.750 bits per heavy atom. The minimum absolute atomic E-state index is 0. The summed E-state index contributed by atoms with van der Waals surface area (Å²) in [6, 6.07) is 32.5. The molecule has 0 aliphatic heterocycles. The van der Waals surface area contributed by atoms with Crippen LogP contribution in [0.2, 0.25) is 0 Å². The summed E-state index contributed by atoms with van der Waals surface area (Å²) in [6.07, 6.45) is 5.06. The molecule has 3 aromatic heterocycles. The number of ether oxygens (including phenoxy) is 1. The average molecular weight is 727 g/mol. The monoisotopic (exact) mass is 726 g/mol. The SMILES string of the molecule is CCc1cccc(CC)c1-c1c(CC)nn(-c2[c-]c(Oc3[c-]c4c(cc3)c3ccccc3n4-c3cc(F)ccn3)cc(C)c2)c1CC.[Pd+2]. The molecule has 0 radical (unpaired) electrons. The predicted octanol–water partition coefficient (Wildman–Crippen LogP) is 10.1. The number of nitrogens with zero attached hydrogens (tertiary/aromatic N) is 4. The largest absolute Gasteiger partial charge is 2.00 e. The Morgan fingerprint density at radius 2 is 1.52 bits per heavy atom. The molecule has 4 aromatic carbocycles. The number of aryl methyl sites for hydroxylation is 4. The van der Waals surface area contributed by atoms with E-state index in [1.807, 2.05) is 41.0 Å². The van der Waals surface area contributed by atoms with Gasteiger partial charge in [0.25, 0.3) is 0 Å². The van der Waals surface area contributed by atoms with Crippen LogP contribution >= 0.6 is 0 Å². The number of benzene rings is 4. The van der Waals surface area contributed by atoms with Crippen LogP contribution in [-0.4, -0.2) is 19.3 Å². The van der Waals surface area contributed by atoms with Gasteiger partial charge in [-0.05, 0) is 65.6 Å². The molecule has 0 amide bonds. The molecule has 0 spiro atoms. The van der Waals surface area contributed by atoms with Crippen LogP contribution in [-0.2, 0) is 46.1 Å². The summed E-state index contributed by atoms with van der Waals surface area (Å²) in [6.45, 7) is 10.9. The predicted molar refractivity (Wildman–Crippen MR) is 188 cm³/mol. The molecule has 244 valence electrons. The molecule has 0 saturated heterocycles. The Balaban J connectivity index is 0.00000401. The summed E-state index contributed by atoms with van der Waals surface area (Å²) in [5, 5.41) is 7.20. The third kappa shape index (κ3) is 5.87. The van der Waals surface area contributed by atoms with Gasteiger partial charge in [0.05, 0.1) is 5.69 Å². The molecule has 0 atom stereocenters. The van der Waals surface area contributed by atoms with E-state index in [4.69, 9.17) is 9.84 Å². The molecule has 0 unspecified atom stereocenters. The van der Waals surface area contributed by atoms with E-state index >= 15 is 0 Å². The second-order valence-electron chi connectivity index (χ2n) is 11.8. The van der Waals surface area contributed by atoms with Gasteiger partial charge in [-0.1, -0.05) is 76.5 Å². The van der Waals surface area contributed by atoms with Crippen LogP contribution in [0.15, 0.2) is 85.1 Å². The van der Waals surface area contributed by atoms with Gasteiger partial charge in [-0.2, -0.15) is 16.7 Å². The van der Waals surface area contributed by atoms with Crippen molar-refractivity contribution in [2.24, 2.45) is 0 Å². The van der Waals surface area contributed by atoms with Crippen LogP contribution in [0.25, 0.3) is 44.4 Å². The molecule has 3 heterocycles. The van der Waals surface area contributed by atoms with E-state index in [0.717, 1.165) is 64.4 Å². The summed E-state index contributed by atoms with van der Waals surface area (Å²) < 4.78 is 24.8. The molecule has 0 saturated carbocycles. The van der Waals surface area contributed by atoms with Gasteiger partial charge in [0.1, 0.15) is 11.6 Å². The summed E-state index contributed by atoms with van der Waals surface area (Å²) in [4.78, 5) is 4.47. The van der Waals surface area contributed by atoms with E-state index in [-0.39, 0.29) is 26.2 Å². The molecular formula is C41H37FN4OPd. The zero-order valence-electron chi connectivity index (χ0n) is 27.8. The molecule has 7 heteroatoms. The second-order valence-corrected chi connectivity index (χ2v) is 11.8. The molecule has 5 nitrogen and oxygen atoms in total. The van der Waals surface area contributed by atoms with Gasteiger partial charge in [0, 0.05) is 40.5 Å². The fraction of sp³-hybridized carbons (Fsp3) is 0.220. The van der Waals surface area contributed by atoms with Crippen molar-refractivity contribution in [2.45, 2.75) is 60.3 Å². The first-order valence-electron chi connectivity index (χ1n) is 16.4. The van der Waals surface area contributed by atoms with Crippen molar-refractivity contribution in [2.75, 3.05) is 0 Å². The molecule has 0 fully saturated rings. The Morgan fingerprint density at radius 3 is 2.23 bits per heavy atom. The van der Waals surface area contributed by atoms with Gasteiger partial charge in [0.15, 0.2) is 0 Å². The number of hydrogen-bond donors (Lipinski definition) is 0. The van der Waals surface area contributed by atoms with E-state index in [1.54, 1.807) is 0 Å². The standard InChI is InChI=1S/C41H37FN4O.Pd/c1-6-27-13-12-14-28(7-2)40(27)41-35(8-3)44-46(36(41)9-4)30-21-26(5)22-32(24-30)47-31-17-18-34-33-15-10-11-16-37(33)45(38(34)25-31)39-23-29(42)19-20-43-39;/h10-23H,6-9H2,1-5H3;/q-2;+2. The van der Waals surface area contributed by atoms with Crippen LogP contribution in [0.4, 0.5) is 4.39 Å². The van der Waals surface area contributed by atoms with Crippen molar-refractivity contribution in [1.29, 1.82) is 0 Å². The minimum Gasteiger partial charge on any atom is -0.509 e. The van der Waals surface area contributed by atoms with Crippen LogP contribution in [0.1, 0.15) is 55.8 Å². The zero-order chi connectivity index (χ0) is 32.7. The third-order valence-corrected chi connectivity index (χ3v) is 8.89. The topological polar surface area (TPSA) is 44.9 Å². The van der Waals surface area contributed by atoms with Gasteiger partial charge in [-0.15, -0.1) is 35.7 Å². The fourth-order valence-corrected chi connectivity index (χ4v) is 6.77. The molecule has 48 heavy (non-hydrogen) atoms. The van der Waals surface area contributed by atoms with Crippen LogP contribution < -0.4 is 4.74 Å². The van der Waals surface area contributed by atoms with E-state index in [2.05, 4.69) is 86.7 Å². The average Bonchev–Trinajstić information content (AvgIpc) is 3.62. The molecule has 0 N–H and O–H groups in total. The fourth-order valence-electron chi connectivity index (χ4n) is 6.77. The van der Waals surface area contributed by atoms with Gasteiger partial charge >= 0.3 is 20.4 Å². The first-order valence-corrected chi connectivity index (χ1v) is 16.4. The number of aromatic nitrogens is 4. The maximum Gasteiger partial charge on any atom is 2.00 e. The molecule has 7 aromatic rings. The van der Waals surface area contributed by atoms with Gasteiger partial charge in [0.2, 0.25) is 0 Å². The Labute approximate surface area is 295 Å². The normalized spacial score (nSPS) is 11.3. The van der Waals surface area contributed by atoms with Crippen molar-refractivity contribution < 1.29 is 29.6 Å². The Hall–Kier alpha value is -4.57. The smallest absolute Gasteiger partial charge is 0.509 e. The molecular weight excluding hydrogens is 690 g/mol. The first-order chi connectivity index (χ1) is 22.9. The number of hydrogen-bond acceptors (Lipinski definition) is 3. The van der Waals surface area contributed by atoms with Crippen molar-refractivity contribution in [3.8, 4) is 34.1 Å². The summed E-state index contributed by atoms with van der Waals surface area (Å²) in [5.74, 6) is 1.24. The summed E-state index contributed by atoms with van der Waals surface area (Å²) in [7, 11) is 0. The van der Waals surface area contributed by atoms with Gasteiger partial charge in [-0.25, -0.2) is 9.37 Å². The maximum absolute atomic E-state index is 14.3. The number of halogens is 1. The van der Waals surface area contributed by atoms with E-state index in [0.29, 0.717) is 17.3 Å². The maximum atomic E-state index is 14.3. The minimum atomic E-state index is -0.348. The summed E-state index contributed by atoms with van der Waals surface area (Å²) in [5.41, 5.74) is 11.1. The van der Waals surface area contributed by atoms with Crippen molar-refractivity contribution >= 4 is 21.8 Å². The number of para-hydroxylation sites is 1. The van der Waals surface area contributed by atoms with Crippen molar-refractivity contribution in [3.63, 3.8) is 0 Å². The quantitative estimate of drug-likeness (QED) is 0.110. The van der Waals surface area contributed by atoms with Crippen LogP contribution in [0.5, 0.6) is 11.5 Å². The molecule has 0 aliphatic carbocycles. The first kappa shape index (κ1) is 33.3. The van der Waals surface area contributed by atoms with E-state index < -0.39 is 0 Å². The van der Waals surface area contributed by atoms with Crippen molar-refractivity contribution in [1.82, 2.24) is 19.3 Å².